The number of nitrogens with two attached hydrogens (primary N) is 1. The number of hydrogen-bond donors (Lipinski definition) is 3. The predicted octanol–water partition coefficient (Wildman–Crippen LogP) is -0.683. The summed E-state index contributed by atoms with van der Waals surface area (Å²) in [7, 11) is -1.78. The lowest BCUT2D eigenvalue weighted by molar-refractivity contribution is -0.119. The fourth-order valence-electron chi connectivity index (χ4n) is 0.366. The first-order valence-electron chi connectivity index (χ1n) is 2.74. The van der Waals surface area contributed by atoms with E-state index in [-0.39, 0.29) is 12.5 Å². The molecule has 0 fully saturated rings. The van der Waals surface area contributed by atoms with E-state index in [1.165, 1.54) is 6.92 Å². The van der Waals surface area contributed by atoms with E-state index in [4.69, 9.17) is 10.4 Å². The van der Waals surface area contributed by atoms with Crippen molar-refractivity contribution in [3.63, 3.8) is 0 Å². The first kappa shape index (κ1) is 9.78. The Kier molecular flexibility index (Phi) is 5.43. The molecule has 0 aliphatic carbocycles. The zero-order chi connectivity index (χ0) is 7.98. The van der Waals surface area contributed by atoms with Crippen molar-refractivity contribution >= 4 is 14.4 Å². The average Bonchev–Trinajstić information content (AvgIpc) is 1.79. The van der Waals surface area contributed by atoms with Gasteiger partial charge in [0.2, 0.25) is 14.4 Å². The van der Waals surface area contributed by atoms with Gasteiger partial charge in [0.15, 0.2) is 0 Å². The van der Waals surface area contributed by atoms with Crippen LogP contribution in [0.1, 0.15) is 6.92 Å². The Hall–Kier alpha value is -0.220. The molecule has 0 saturated carbocycles. The van der Waals surface area contributed by atoms with Gasteiger partial charge in [0, 0.05) is 13.5 Å². The zero-order valence-corrected chi connectivity index (χ0v) is 6.60. The molecule has 1 unspecified atom stereocenters. The summed E-state index contributed by atoms with van der Waals surface area (Å²) in [6, 6.07) is 0. The average molecular weight is 166 g/mol. The van der Waals surface area contributed by atoms with Crippen LogP contribution in [0, 0.1) is 0 Å². The highest BCUT2D eigenvalue weighted by molar-refractivity contribution is 7.43. The second kappa shape index (κ2) is 5.56. The lowest BCUT2D eigenvalue weighted by atomic mass is 10.6. The number of amides is 1. The van der Waals surface area contributed by atoms with Gasteiger partial charge in [-0.3, -0.25) is 10.3 Å². The molecule has 0 saturated heterocycles. The van der Waals surface area contributed by atoms with Gasteiger partial charge < -0.3 is 14.7 Å². The number of hydrogen-bond acceptors (Lipinski definition) is 4. The van der Waals surface area contributed by atoms with Crippen molar-refractivity contribution in [2.45, 2.75) is 6.92 Å². The Labute approximate surface area is 60.5 Å². The summed E-state index contributed by atoms with van der Waals surface area (Å²) < 4.78 is 4.58. The molecule has 0 heterocycles. The molecule has 0 aliphatic heterocycles. The van der Waals surface area contributed by atoms with E-state index >= 15 is 0 Å². The molecular formula is C4H11N2O3P. The second-order valence-corrected chi connectivity index (χ2v) is 2.48. The van der Waals surface area contributed by atoms with Crippen LogP contribution in [-0.4, -0.2) is 24.0 Å². The van der Waals surface area contributed by atoms with E-state index in [0.29, 0.717) is 6.54 Å². The molecule has 4 N–H and O–H groups in total. The van der Waals surface area contributed by atoms with E-state index in [1.54, 1.807) is 0 Å². The van der Waals surface area contributed by atoms with Crippen molar-refractivity contribution in [2.24, 2.45) is 5.50 Å². The lowest BCUT2D eigenvalue weighted by Gasteiger charge is -2.04. The van der Waals surface area contributed by atoms with Gasteiger partial charge in [0.1, 0.15) is 0 Å². The molecule has 60 valence electrons. The third-order valence-corrected chi connectivity index (χ3v) is 1.15. The van der Waals surface area contributed by atoms with Crippen molar-refractivity contribution in [1.29, 1.82) is 0 Å². The monoisotopic (exact) mass is 166 g/mol. The summed E-state index contributed by atoms with van der Waals surface area (Å²) in [4.78, 5) is 18.7. The third kappa shape index (κ3) is 7.78. The van der Waals surface area contributed by atoms with E-state index in [1.807, 2.05) is 0 Å². The normalized spacial score (nSPS) is 12.7. The zero-order valence-electron chi connectivity index (χ0n) is 5.70. The van der Waals surface area contributed by atoms with Crippen LogP contribution in [0.25, 0.3) is 0 Å². The Morgan fingerprint density at radius 2 is 2.50 bits per heavy atom. The molecule has 0 aromatic rings. The largest absolute Gasteiger partial charge is 0.354 e. The molecule has 10 heavy (non-hydrogen) atoms. The van der Waals surface area contributed by atoms with Crippen LogP contribution in [0.15, 0.2) is 0 Å². The quantitative estimate of drug-likeness (QED) is 0.381. The van der Waals surface area contributed by atoms with Crippen LogP contribution in [0.3, 0.4) is 0 Å². The number of rotatable bonds is 4. The van der Waals surface area contributed by atoms with Crippen LogP contribution in [0.2, 0.25) is 0 Å². The summed E-state index contributed by atoms with van der Waals surface area (Å²) in [5.74, 6) is -0.122. The van der Waals surface area contributed by atoms with E-state index in [0.717, 1.165) is 0 Å². The Morgan fingerprint density at radius 1 is 1.90 bits per heavy atom. The van der Waals surface area contributed by atoms with Gasteiger partial charge in [0.05, 0.1) is 6.61 Å². The van der Waals surface area contributed by atoms with Crippen LogP contribution in [-0.2, 0) is 9.32 Å². The fourth-order valence-corrected chi connectivity index (χ4v) is 0.645. The van der Waals surface area contributed by atoms with Crippen molar-refractivity contribution in [1.82, 2.24) is 5.32 Å². The van der Waals surface area contributed by atoms with Gasteiger partial charge in [-0.25, -0.2) is 0 Å². The molecule has 0 rings (SSSR count). The van der Waals surface area contributed by atoms with Gasteiger partial charge in [-0.2, -0.15) is 0 Å². The van der Waals surface area contributed by atoms with Gasteiger partial charge in [-0.05, 0) is 0 Å². The summed E-state index contributed by atoms with van der Waals surface area (Å²) >= 11 is 0. The minimum absolute atomic E-state index is 0.122. The lowest BCUT2D eigenvalue weighted by Crippen LogP contribution is -2.24. The maximum absolute atomic E-state index is 10.2. The minimum Gasteiger partial charge on any atom is -0.354 e. The maximum Gasteiger partial charge on any atom is 0.250 e. The maximum atomic E-state index is 10.2. The molecule has 1 atom stereocenters. The fraction of sp³-hybridized carbons (Fsp3) is 0.750. The Morgan fingerprint density at radius 3 is 2.90 bits per heavy atom. The van der Waals surface area contributed by atoms with Gasteiger partial charge in [-0.1, -0.05) is 0 Å². The SMILES string of the molecule is CC(=O)NCCOP(N)O. The molecule has 0 spiro atoms. The molecule has 0 radical (unpaired) electrons. The van der Waals surface area contributed by atoms with Crippen molar-refractivity contribution in [3.05, 3.63) is 0 Å². The van der Waals surface area contributed by atoms with Crippen LogP contribution >= 0.6 is 8.53 Å². The molecule has 0 aromatic carbocycles. The minimum atomic E-state index is -1.78. The van der Waals surface area contributed by atoms with Gasteiger partial charge >= 0.3 is 0 Å². The molecular weight excluding hydrogens is 155 g/mol. The number of nitrogens with one attached hydrogen (secondary N) is 1. The molecule has 0 aromatic heterocycles. The Balaban J connectivity index is 2.98. The van der Waals surface area contributed by atoms with Crippen molar-refractivity contribution < 1.29 is 14.2 Å². The van der Waals surface area contributed by atoms with Crippen molar-refractivity contribution in [3.8, 4) is 0 Å². The molecule has 6 heteroatoms. The summed E-state index contributed by atoms with van der Waals surface area (Å²) in [6.45, 7) is 2.04. The molecule has 0 aliphatic rings. The van der Waals surface area contributed by atoms with E-state index in [9.17, 15) is 4.79 Å². The number of carbonyl (C=O) groups excluding carboxylic acids is 1. The first-order valence-corrected chi connectivity index (χ1v) is 4.02. The summed E-state index contributed by atoms with van der Waals surface area (Å²) in [6.07, 6.45) is 0. The second-order valence-electron chi connectivity index (χ2n) is 1.62. The predicted molar refractivity (Wildman–Crippen MR) is 38.0 cm³/mol. The van der Waals surface area contributed by atoms with E-state index in [2.05, 4.69) is 9.84 Å². The van der Waals surface area contributed by atoms with Gasteiger partial charge in [-0.15, -0.1) is 0 Å². The van der Waals surface area contributed by atoms with Crippen LogP contribution < -0.4 is 10.8 Å². The highest BCUT2D eigenvalue weighted by atomic mass is 31.2. The first-order chi connectivity index (χ1) is 4.63. The van der Waals surface area contributed by atoms with E-state index < -0.39 is 8.53 Å². The molecule has 5 nitrogen and oxygen atoms in total. The standard InChI is InChI=1S/C4H11N2O3P/c1-4(7)6-2-3-9-10(5)8/h8H,2-3,5H2,1H3,(H,6,7). The number of carbonyl (C=O) groups is 1. The van der Waals surface area contributed by atoms with Crippen molar-refractivity contribution in [2.75, 3.05) is 13.2 Å². The van der Waals surface area contributed by atoms with Crippen LogP contribution in [0.5, 0.6) is 0 Å². The Bertz CT molecular complexity index is 109. The highest BCUT2D eigenvalue weighted by Crippen LogP contribution is 2.17. The molecule has 1 amide bonds. The third-order valence-electron chi connectivity index (χ3n) is 0.700. The molecule has 0 bridgehead atoms. The smallest absolute Gasteiger partial charge is 0.250 e. The summed E-state index contributed by atoms with van der Waals surface area (Å²) in [5, 5.41) is 2.48. The van der Waals surface area contributed by atoms with Crippen LogP contribution in [0.4, 0.5) is 0 Å². The summed E-state index contributed by atoms with van der Waals surface area (Å²) in [5.41, 5.74) is 4.89. The topological polar surface area (TPSA) is 84.6 Å². The highest BCUT2D eigenvalue weighted by Gasteiger charge is 1.95. The van der Waals surface area contributed by atoms with Gasteiger partial charge in [0.25, 0.3) is 0 Å².